The fraction of sp³-hybridized carbons (Fsp3) is 0.417. The minimum atomic E-state index is -0.0738. The summed E-state index contributed by atoms with van der Waals surface area (Å²) in [5.41, 5.74) is 4.74. The number of hydrazine groups is 1. The molecule has 0 radical (unpaired) electrons. The molecule has 2 N–H and O–H groups in total. The molecular formula is C12H19N3O. The Bertz CT molecular complexity index is 348. The average molecular weight is 221 g/mol. The maximum Gasteiger partial charge on any atom is 0.253 e. The van der Waals surface area contributed by atoms with E-state index in [-0.39, 0.29) is 5.91 Å². The minimum absolute atomic E-state index is 0.0738. The molecule has 0 atom stereocenters. The van der Waals surface area contributed by atoms with Crippen molar-refractivity contribution in [2.75, 3.05) is 25.6 Å². The zero-order chi connectivity index (χ0) is 12.0. The fourth-order valence-electron chi connectivity index (χ4n) is 1.47. The van der Waals surface area contributed by atoms with Crippen molar-refractivity contribution in [3.8, 4) is 0 Å². The van der Waals surface area contributed by atoms with Gasteiger partial charge in [0.05, 0.1) is 11.3 Å². The Morgan fingerprint density at radius 3 is 2.44 bits per heavy atom. The lowest BCUT2D eigenvalue weighted by Crippen LogP contribution is -2.31. The van der Waals surface area contributed by atoms with Gasteiger partial charge in [-0.1, -0.05) is 26.0 Å². The maximum atomic E-state index is 11.6. The van der Waals surface area contributed by atoms with Gasteiger partial charge in [-0.25, -0.2) is 5.01 Å². The van der Waals surface area contributed by atoms with Crippen LogP contribution in [-0.4, -0.2) is 31.1 Å². The summed E-state index contributed by atoms with van der Waals surface area (Å²) in [4.78, 5) is 11.6. The lowest BCUT2D eigenvalue weighted by Gasteiger charge is -2.22. The summed E-state index contributed by atoms with van der Waals surface area (Å²) < 4.78 is 0. The summed E-state index contributed by atoms with van der Waals surface area (Å²) in [6.45, 7) is 5.91. The summed E-state index contributed by atoms with van der Waals surface area (Å²) in [6, 6.07) is 7.49. The first-order valence-electron chi connectivity index (χ1n) is 5.55. The van der Waals surface area contributed by atoms with Gasteiger partial charge in [-0.3, -0.25) is 4.79 Å². The maximum absolute atomic E-state index is 11.6. The number of para-hydroxylation sites is 1. The molecule has 0 aliphatic carbocycles. The molecule has 0 spiro atoms. The van der Waals surface area contributed by atoms with Crippen molar-refractivity contribution >= 4 is 11.6 Å². The number of hydrogen-bond acceptors (Lipinski definition) is 3. The van der Waals surface area contributed by atoms with Gasteiger partial charge >= 0.3 is 0 Å². The summed E-state index contributed by atoms with van der Waals surface area (Å²) in [7, 11) is 1.64. The van der Waals surface area contributed by atoms with Crippen LogP contribution in [0.4, 0.5) is 5.69 Å². The van der Waals surface area contributed by atoms with Crippen molar-refractivity contribution in [3.63, 3.8) is 0 Å². The number of anilines is 1. The van der Waals surface area contributed by atoms with Crippen molar-refractivity contribution in [2.24, 2.45) is 0 Å². The topological polar surface area (TPSA) is 44.4 Å². The highest BCUT2D eigenvalue weighted by atomic mass is 16.1. The number of hydrogen-bond donors (Lipinski definition) is 2. The van der Waals surface area contributed by atoms with Crippen molar-refractivity contribution in [1.29, 1.82) is 0 Å². The van der Waals surface area contributed by atoms with Crippen molar-refractivity contribution in [1.82, 2.24) is 10.3 Å². The summed E-state index contributed by atoms with van der Waals surface area (Å²) in [6.07, 6.45) is 0. The Morgan fingerprint density at radius 1 is 1.25 bits per heavy atom. The average Bonchev–Trinajstić information content (AvgIpc) is 2.35. The lowest BCUT2D eigenvalue weighted by molar-refractivity contribution is 0.0963. The molecule has 0 aliphatic heterocycles. The van der Waals surface area contributed by atoms with Crippen LogP contribution >= 0.6 is 0 Å². The highest BCUT2D eigenvalue weighted by Crippen LogP contribution is 2.15. The molecule has 0 aliphatic rings. The van der Waals surface area contributed by atoms with E-state index in [0.717, 1.165) is 18.8 Å². The van der Waals surface area contributed by atoms with Crippen LogP contribution in [0.3, 0.4) is 0 Å². The van der Waals surface area contributed by atoms with Crippen molar-refractivity contribution in [2.45, 2.75) is 13.8 Å². The van der Waals surface area contributed by atoms with E-state index in [4.69, 9.17) is 0 Å². The molecule has 0 fully saturated rings. The van der Waals surface area contributed by atoms with E-state index in [9.17, 15) is 4.79 Å². The van der Waals surface area contributed by atoms with Crippen LogP contribution in [0.15, 0.2) is 24.3 Å². The molecule has 0 bridgehead atoms. The van der Waals surface area contributed by atoms with Crippen LogP contribution in [0.25, 0.3) is 0 Å². The van der Waals surface area contributed by atoms with Gasteiger partial charge < -0.3 is 10.7 Å². The largest absolute Gasteiger partial charge is 0.355 e. The van der Waals surface area contributed by atoms with Crippen molar-refractivity contribution in [3.05, 3.63) is 29.8 Å². The molecule has 0 aromatic heterocycles. The summed E-state index contributed by atoms with van der Waals surface area (Å²) >= 11 is 0. The standard InChI is InChI=1S/C12H19N3O/c1-4-15(5-2)14-11-9-7-6-8-10(11)12(16)13-3/h6-9,14H,4-5H2,1-3H3,(H,13,16). The van der Waals surface area contributed by atoms with Crippen LogP contribution < -0.4 is 10.7 Å². The van der Waals surface area contributed by atoms with Gasteiger partial charge in [-0.2, -0.15) is 0 Å². The van der Waals surface area contributed by atoms with Crippen LogP contribution in [-0.2, 0) is 0 Å². The Morgan fingerprint density at radius 2 is 1.88 bits per heavy atom. The van der Waals surface area contributed by atoms with E-state index in [1.807, 2.05) is 29.3 Å². The predicted octanol–water partition coefficient (Wildman–Crippen LogP) is 1.71. The summed E-state index contributed by atoms with van der Waals surface area (Å²) in [5, 5.41) is 4.68. The molecule has 0 heterocycles. The van der Waals surface area contributed by atoms with E-state index < -0.39 is 0 Å². The third-order valence-electron chi connectivity index (χ3n) is 2.44. The SMILES string of the molecule is CCN(CC)Nc1ccccc1C(=O)NC. The monoisotopic (exact) mass is 221 g/mol. The van der Waals surface area contributed by atoms with Gasteiger partial charge in [0.25, 0.3) is 5.91 Å². The molecule has 1 aromatic rings. The number of amides is 1. The van der Waals surface area contributed by atoms with Crippen LogP contribution in [0.2, 0.25) is 0 Å². The molecule has 4 heteroatoms. The third kappa shape index (κ3) is 2.97. The van der Waals surface area contributed by atoms with E-state index in [1.165, 1.54) is 0 Å². The first-order valence-corrected chi connectivity index (χ1v) is 5.55. The predicted molar refractivity (Wildman–Crippen MR) is 66.4 cm³/mol. The van der Waals surface area contributed by atoms with Crippen LogP contribution in [0.1, 0.15) is 24.2 Å². The number of carbonyl (C=O) groups excluding carboxylic acids is 1. The second-order valence-corrected chi connectivity index (χ2v) is 3.41. The number of nitrogens with zero attached hydrogens (tertiary/aromatic N) is 1. The zero-order valence-corrected chi connectivity index (χ0v) is 10.1. The Balaban J connectivity index is 2.90. The third-order valence-corrected chi connectivity index (χ3v) is 2.44. The van der Waals surface area contributed by atoms with Gasteiger partial charge in [-0.15, -0.1) is 0 Å². The lowest BCUT2D eigenvalue weighted by atomic mass is 10.1. The normalized spacial score (nSPS) is 10.2. The second kappa shape index (κ2) is 6.12. The molecule has 1 rings (SSSR count). The molecule has 1 amide bonds. The van der Waals surface area contributed by atoms with E-state index >= 15 is 0 Å². The molecule has 0 saturated heterocycles. The van der Waals surface area contributed by atoms with E-state index in [2.05, 4.69) is 24.6 Å². The van der Waals surface area contributed by atoms with Crippen molar-refractivity contribution < 1.29 is 4.79 Å². The second-order valence-electron chi connectivity index (χ2n) is 3.41. The molecule has 4 nitrogen and oxygen atoms in total. The quantitative estimate of drug-likeness (QED) is 0.744. The van der Waals surface area contributed by atoms with E-state index in [0.29, 0.717) is 5.56 Å². The fourth-order valence-corrected chi connectivity index (χ4v) is 1.47. The first kappa shape index (κ1) is 12.5. The van der Waals surface area contributed by atoms with Gasteiger partial charge in [0, 0.05) is 20.1 Å². The van der Waals surface area contributed by atoms with Crippen LogP contribution in [0.5, 0.6) is 0 Å². The zero-order valence-electron chi connectivity index (χ0n) is 10.1. The number of nitrogens with one attached hydrogen (secondary N) is 2. The van der Waals surface area contributed by atoms with Gasteiger partial charge in [0.15, 0.2) is 0 Å². The molecule has 88 valence electrons. The van der Waals surface area contributed by atoms with E-state index in [1.54, 1.807) is 7.05 Å². The Kier molecular flexibility index (Phi) is 4.79. The van der Waals surface area contributed by atoms with Gasteiger partial charge in [0.2, 0.25) is 0 Å². The molecule has 0 unspecified atom stereocenters. The van der Waals surface area contributed by atoms with Gasteiger partial charge in [-0.05, 0) is 12.1 Å². The Hall–Kier alpha value is -1.55. The highest BCUT2D eigenvalue weighted by Gasteiger charge is 2.10. The smallest absolute Gasteiger partial charge is 0.253 e. The summed E-state index contributed by atoms with van der Waals surface area (Å²) in [5.74, 6) is -0.0738. The number of rotatable bonds is 5. The van der Waals surface area contributed by atoms with Gasteiger partial charge in [0.1, 0.15) is 0 Å². The number of carbonyl (C=O) groups is 1. The molecule has 16 heavy (non-hydrogen) atoms. The minimum Gasteiger partial charge on any atom is -0.355 e. The highest BCUT2D eigenvalue weighted by molar-refractivity contribution is 5.99. The first-order chi connectivity index (χ1) is 7.72. The Labute approximate surface area is 96.6 Å². The molecule has 0 saturated carbocycles. The number of benzene rings is 1. The molecular weight excluding hydrogens is 202 g/mol. The molecule has 1 aromatic carbocycles. The van der Waals surface area contributed by atoms with Crippen LogP contribution in [0, 0.1) is 0 Å².